The zero-order valence-electron chi connectivity index (χ0n) is 17.0. The summed E-state index contributed by atoms with van der Waals surface area (Å²) in [6.07, 6.45) is 2.39. The first-order valence-electron chi connectivity index (χ1n) is 10.2. The molecule has 2 aromatic carbocycles. The molecule has 0 aliphatic carbocycles. The number of anilines is 2. The molecule has 0 bridgehead atoms. The van der Waals surface area contributed by atoms with E-state index < -0.39 is 5.82 Å². The van der Waals surface area contributed by atoms with Gasteiger partial charge in [-0.15, -0.1) is 0 Å². The highest BCUT2D eigenvalue weighted by Crippen LogP contribution is 2.18. The quantitative estimate of drug-likeness (QED) is 0.700. The van der Waals surface area contributed by atoms with Crippen LogP contribution < -0.4 is 10.2 Å². The highest BCUT2D eigenvalue weighted by atomic mass is 19.1. The Bertz CT molecular complexity index is 1060. The van der Waals surface area contributed by atoms with E-state index in [9.17, 15) is 14.0 Å². The normalized spacial score (nSPS) is 14.1. The van der Waals surface area contributed by atoms with Crippen molar-refractivity contribution >= 4 is 23.3 Å². The van der Waals surface area contributed by atoms with E-state index in [1.165, 1.54) is 12.1 Å². The fourth-order valence-corrected chi connectivity index (χ4v) is 3.59. The highest BCUT2D eigenvalue weighted by Gasteiger charge is 2.22. The number of aromatic nitrogens is 1. The maximum absolute atomic E-state index is 14.0. The Labute approximate surface area is 180 Å². The minimum Gasteiger partial charge on any atom is -0.355 e. The van der Waals surface area contributed by atoms with Crippen LogP contribution in [0, 0.1) is 5.82 Å². The molecule has 4 rings (SSSR count). The van der Waals surface area contributed by atoms with Crippen molar-refractivity contribution in [1.82, 2.24) is 9.88 Å². The molecule has 1 saturated heterocycles. The van der Waals surface area contributed by atoms with Crippen LogP contribution in [0.2, 0.25) is 0 Å². The Balaban J connectivity index is 1.38. The van der Waals surface area contributed by atoms with Gasteiger partial charge in [-0.05, 0) is 42.8 Å². The molecule has 2 amide bonds. The molecular weight excluding hydrogens is 395 g/mol. The van der Waals surface area contributed by atoms with E-state index >= 15 is 0 Å². The van der Waals surface area contributed by atoms with E-state index in [1.54, 1.807) is 35.4 Å². The summed E-state index contributed by atoms with van der Waals surface area (Å²) in [7, 11) is 0. The first-order valence-corrected chi connectivity index (χ1v) is 10.2. The van der Waals surface area contributed by atoms with Crippen LogP contribution in [-0.2, 0) is 0 Å². The van der Waals surface area contributed by atoms with Crippen molar-refractivity contribution in [1.29, 1.82) is 0 Å². The highest BCUT2D eigenvalue weighted by molar-refractivity contribution is 6.04. The van der Waals surface area contributed by atoms with Crippen molar-refractivity contribution in [3.05, 3.63) is 89.9 Å². The SMILES string of the molecule is O=C(Nc1ccc(N2CCCN(C(=O)c3ccccc3F)CC2)nc1)c1ccccc1. The van der Waals surface area contributed by atoms with E-state index in [4.69, 9.17) is 0 Å². The number of hydrogen-bond acceptors (Lipinski definition) is 4. The summed E-state index contributed by atoms with van der Waals surface area (Å²) in [5, 5.41) is 2.84. The second-order valence-electron chi connectivity index (χ2n) is 7.34. The molecule has 1 fully saturated rings. The second-order valence-corrected chi connectivity index (χ2v) is 7.34. The summed E-state index contributed by atoms with van der Waals surface area (Å²) in [6, 6.07) is 18.7. The summed E-state index contributed by atoms with van der Waals surface area (Å²) in [6.45, 7) is 2.39. The molecule has 1 aliphatic rings. The van der Waals surface area contributed by atoms with Gasteiger partial charge in [-0.1, -0.05) is 30.3 Å². The van der Waals surface area contributed by atoms with Crippen LogP contribution in [0.5, 0.6) is 0 Å². The van der Waals surface area contributed by atoms with Crippen LogP contribution in [-0.4, -0.2) is 47.9 Å². The lowest BCUT2D eigenvalue weighted by Crippen LogP contribution is -2.35. The predicted octanol–water partition coefficient (Wildman–Crippen LogP) is 3.83. The number of nitrogens with zero attached hydrogens (tertiary/aromatic N) is 3. The monoisotopic (exact) mass is 418 g/mol. The number of rotatable bonds is 4. The van der Waals surface area contributed by atoms with E-state index in [-0.39, 0.29) is 17.4 Å². The third-order valence-corrected chi connectivity index (χ3v) is 5.25. The molecule has 0 radical (unpaired) electrons. The van der Waals surface area contributed by atoms with Gasteiger partial charge in [0.2, 0.25) is 0 Å². The van der Waals surface area contributed by atoms with Crippen LogP contribution in [0.15, 0.2) is 72.9 Å². The van der Waals surface area contributed by atoms with Crippen LogP contribution >= 0.6 is 0 Å². The van der Waals surface area contributed by atoms with Crippen LogP contribution in [0.3, 0.4) is 0 Å². The first kappa shape index (κ1) is 20.5. The van der Waals surface area contributed by atoms with Gasteiger partial charge in [-0.3, -0.25) is 9.59 Å². The van der Waals surface area contributed by atoms with Crippen molar-refractivity contribution < 1.29 is 14.0 Å². The summed E-state index contributed by atoms with van der Waals surface area (Å²) < 4.78 is 14.0. The van der Waals surface area contributed by atoms with Crippen molar-refractivity contribution in [2.45, 2.75) is 6.42 Å². The maximum atomic E-state index is 14.0. The fourth-order valence-electron chi connectivity index (χ4n) is 3.59. The molecular formula is C24H23FN4O2. The molecule has 7 heteroatoms. The van der Waals surface area contributed by atoms with Gasteiger partial charge in [0.05, 0.1) is 17.4 Å². The van der Waals surface area contributed by atoms with Crippen molar-refractivity contribution in [3.8, 4) is 0 Å². The first-order chi connectivity index (χ1) is 15.1. The number of amides is 2. The number of hydrogen-bond donors (Lipinski definition) is 1. The van der Waals surface area contributed by atoms with Crippen molar-refractivity contribution in [2.75, 3.05) is 36.4 Å². The lowest BCUT2D eigenvalue weighted by atomic mass is 10.2. The van der Waals surface area contributed by atoms with E-state index in [1.807, 2.05) is 30.3 Å². The van der Waals surface area contributed by atoms with Crippen molar-refractivity contribution in [3.63, 3.8) is 0 Å². The summed E-state index contributed by atoms with van der Waals surface area (Å²) in [4.78, 5) is 33.2. The lowest BCUT2D eigenvalue weighted by Gasteiger charge is -2.23. The Morgan fingerprint density at radius 1 is 0.871 bits per heavy atom. The fraction of sp³-hybridized carbons (Fsp3) is 0.208. The molecule has 0 saturated carbocycles. The third-order valence-electron chi connectivity index (χ3n) is 5.25. The van der Waals surface area contributed by atoms with E-state index in [0.717, 1.165) is 18.8 Å². The number of halogens is 1. The molecule has 31 heavy (non-hydrogen) atoms. The number of nitrogens with one attached hydrogen (secondary N) is 1. The Hall–Kier alpha value is -3.74. The van der Waals surface area contributed by atoms with Gasteiger partial charge in [-0.25, -0.2) is 9.37 Å². The zero-order valence-corrected chi connectivity index (χ0v) is 17.0. The number of carbonyl (C=O) groups excluding carboxylic acids is 2. The van der Waals surface area contributed by atoms with Crippen LogP contribution in [0.25, 0.3) is 0 Å². The third kappa shape index (κ3) is 4.88. The summed E-state index contributed by atoms with van der Waals surface area (Å²) in [5.74, 6) is -0.194. The molecule has 0 atom stereocenters. The van der Waals surface area contributed by atoms with Gasteiger partial charge in [0.25, 0.3) is 11.8 Å². The number of benzene rings is 2. The molecule has 158 valence electrons. The minimum absolute atomic E-state index is 0.104. The van der Waals surface area contributed by atoms with Crippen molar-refractivity contribution in [2.24, 2.45) is 0 Å². The van der Waals surface area contributed by atoms with E-state index in [2.05, 4.69) is 15.2 Å². The molecule has 1 aliphatic heterocycles. The smallest absolute Gasteiger partial charge is 0.256 e. The van der Waals surface area contributed by atoms with Crippen LogP contribution in [0.4, 0.5) is 15.9 Å². The van der Waals surface area contributed by atoms with Crippen LogP contribution in [0.1, 0.15) is 27.1 Å². The van der Waals surface area contributed by atoms with Gasteiger partial charge in [-0.2, -0.15) is 0 Å². The number of pyridine rings is 1. The summed E-state index contributed by atoms with van der Waals surface area (Å²) >= 11 is 0. The summed E-state index contributed by atoms with van der Waals surface area (Å²) in [5.41, 5.74) is 1.30. The molecule has 1 N–H and O–H groups in total. The standard InChI is InChI=1S/C24H23FN4O2/c25-21-10-5-4-9-20(21)24(31)29-14-6-13-28(15-16-29)22-12-11-19(17-26-22)27-23(30)18-7-2-1-3-8-18/h1-5,7-12,17H,6,13-16H2,(H,27,30). The Morgan fingerprint density at radius 2 is 1.65 bits per heavy atom. The lowest BCUT2D eigenvalue weighted by molar-refractivity contribution is 0.0762. The van der Waals surface area contributed by atoms with E-state index in [0.29, 0.717) is 30.9 Å². The Morgan fingerprint density at radius 3 is 2.39 bits per heavy atom. The van der Waals surface area contributed by atoms with Gasteiger partial charge in [0.1, 0.15) is 11.6 Å². The number of carbonyl (C=O) groups is 2. The molecule has 0 unspecified atom stereocenters. The largest absolute Gasteiger partial charge is 0.355 e. The molecule has 2 heterocycles. The second kappa shape index (κ2) is 9.38. The maximum Gasteiger partial charge on any atom is 0.256 e. The molecule has 1 aromatic heterocycles. The minimum atomic E-state index is -0.497. The zero-order chi connectivity index (χ0) is 21.6. The molecule has 3 aromatic rings. The predicted molar refractivity (Wildman–Crippen MR) is 118 cm³/mol. The van der Waals surface area contributed by atoms with Gasteiger partial charge >= 0.3 is 0 Å². The molecule has 0 spiro atoms. The van der Waals surface area contributed by atoms with Gasteiger partial charge < -0.3 is 15.1 Å². The van der Waals surface area contributed by atoms with Gasteiger partial charge in [0.15, 0.2) is 0 Å². The average molecular weight is 418 g/mol. The molecule has 6 nitrogen and oxygen atoms in total. The topological polar surface area (TPSA) is 65.5 Å². The van der Waals surface area contributed by atoms with Gasteiger partial charge in [0, 0.05) is 31.7 Å². The Kier molecular flexibility index (Phi) is 6.21. The average Bonchev–Trinajstić information content (AvgIpc) is 3.06.